The van der Waals surface area contributed by atoms with Gasteiger partial charge in [-0.05, 0) is 54.8 Å². The maximum absolute atomic E-state index is 13.3. The molecule has 0 aromatic carbocycles. The fraction of sp³-hybridized carbons (Fsp3) is 0.786. The Kier molecular flexibility index (Phi) is 2.84. The van der Waals surface area contributed by atoms with Crippen LogP contribution < -0.4 is 0 Å². The molecule has 0 aromatic heterocycles. The van der Waals surface area contributed by atoms with E-state index in [-0.39, 0.29) is 5.92 Å². The van der Waals surface area contributed by atoms with Gasteiger partial charge in [0.05, 0.1) is 0 Å². The normalized spacial score (nSPS) is 45.3. The Morgan fingerprint density at radius 3 is 2.41 bits per heavy atom. The van der Waals surface area contributed by atoms with E-state index in [0.717, 1.165) is 12.8 Å². The van der Waals surface area contributed by atoms with Crippen molar-refractivity contribution in [3.63, 3.8) is 0 Å². The first-order chi connectivity index (χ1) is 10.2. The lowest BCUT2D eigenvalue weighted by molar-refractivity contribution is -0.171. The number of rotatable bonds is 3. The van der Waals surface area contributed by atoms with Gasteiger partial charge >= 0.3 is 21.3 Å². The van der Waals surface area contributed by atoms with E-state index in [9.17, 15) is 22.0 Å². The summed E-state index contributed by atoms with van der Waals surface area (Å²) in [5.41, 5.74) is 0. The van der Waals surface area contributed by atoms with Gasteiger partial charge in [-0.2, -0.15) is 17.2 Å². The summed E-state index contributed by atoms with van der Waals surface area (Å²) >= 11 is 0. The summed E-state index contributed by atoms with van der Waals surface area (Å²) in [5, 5.41) is -4.90. The molecule has 7 atom stereocenters. The molecular formula is C14H16F2O5S. The van der Waals surface area contributed by atoms with Gasteiger partial charge in [0.2, 0.25) is 0 Å². The van der Waals surface area contributed by atoms with Crippen molar-refractivity contribution in [3.8, 4) is 0 Å². The molecule has 7 unspecified atom stereocenters. The van der Waals surface area contributed by atoms with E-state index in [2.05, 4.69) is 12.2 Å². The second kappa shape index (κ2) is 4.29. The number of halogens is 2. The molecule has 0 saturated heterocycles. The van der Waals surface area contributed by atoms with Gasteiger partial charge in [0.1, 0.15) is 6.10 Å². The van der Waals surface area contributed by atoms with Gasteiger partial charge < -0.3 is 4.74 Å². The van der Waals surface area contributed by atoms with Crippen molar-refractivity contribution in [3.05, 3.63) is 12.2 Å². The highest BCUT2D eigenvalue weighted by atomic mass is 32.2. The van der Waals surface area contributed by atoms with Crippen molar-refractivity contribution in [1.82, 2.24) is 0 Å². The third kappa shape index (κ3) is 1.76. The number of fused-ring (bicyclic) bond motifs is 9. The molecule has 0 radical (unpaired) electrons. The van der Waals surface area contributed by atoms with Gasteiger partial charge in [0.25, 0.3) is 0 Å². The molecule has 3 saturated carbocycles. The Bertz CT molecular complexity index is 658. The first kappa shape index (κ1) is 14.6. The quantitative estimate of drug-likeness (QED) is 0.369. The average molecular weight is 334 g/mol. The van der Waals surface area contributed by atoms with Gasteiger partial charge in [0, 0.05) is 0 Å². The molecular weight excluding hydrogens is 318 g/mol. The van der Waals surface area contributed by atoms with E-state index >= 15 is 0 Å². The largest absolute Gasteiger partial charge is 0.465 e. The highest BCUT2D eigenvalue weighted by Gasteiger charge is 2.63. The fourth-order valence-electron chi connectivity index (χ4n) is 5.40. The lowest BCUT2D eigenvalue weighted by Gasteiger charge is -2.36. The Hall–Kier alpha value is -1.02. The third-order valence-corrected chi connectivity index (χ3v) is 6.84. The SMILES string of the molecule is O=C(OC1CC2CC1C1C3C=CC(C3)C21)C(F)(F)S(=O)(=O)O. The minimum Gasteiger partial charge on any atom is -0.457 e. The van der Waals surface area contributed by atoms with Crippen molar-refractivity contribution in [1.29, 1.82) is 0 Å². The number of allylic oxidation sites excluding steroid dienone is 2. The number of carbonyl (C=O) groups excluding carboxylic acids is 1. The maximum Gasteiger partial charge on any atom is 0.465 e. The molecule has 4 aliphatic carbocycles. The van der Waals surface area contributed by atoms with Crippen LogP contribution in [0.4, 0.5) is 8.78 Å². The molecule has 1 N–H and O–H groups in total. The number of esters is 1. The van der Waals surface area contributed by atoms with Crippen LogP contribution in [0, 0.1) is 35.5 Å². The predicted octanol–water partition coefficient (Wildman–Crippen LogP) is 1.86. The average Bonchev–Trinajstić information content (AvgIpc) is 3.15. The summed E-state index contributed by atoms with van der Waals surface area (Å²) in [7, 11) is -5.80. The number of hydrogen-bond donors (Lipinski definition) is 1. The number of hydrogen-bond acceptors (Lipinski definition) is 4. The van der Waals surface area contributed by atoms with E-state index in [4.69, 9.17) is 9.29 Å². The first-order valence-corrected chi connectivity index (χ1v) is 8.88. The van der Waals surface area contributed by atoms with E-state index in [1.807, 2.05) is 0 Å². The standard InChI is InChI=1S/C14H16F2O5S/c15-14(16,22(18,19)20)13(17)21-10-5-8-4-9(10)12-7-2-1-6(3-7)11(8)12/h1-2,6-12H,3-5H2,(H,18,19,20). The monoisotopic (exact) mass is 334 g/mol. The lowest BCUT2D eigenvalue weighted by Crippen LogP contribution is -2.43. The zero-order valence-corrected chi connectivity index (χ0v) is 12.4. The summed E-state index contributed by atoms with van der Waals surface area (Å²) in [6.45, 7) is 0. The van der Waals surface area contributed by atoms with Crippen LogP contribution in [0.5, 0.6) is 0 Å². The highest BCUT2D eigenvalue weighted by molar-refractivity contribution is 7.87. The van der Waals surface area contributed by atoms with Crippen LogP contribution in [0.1, 0.15) is 19.3 Å². The molecule has 4 rings (SSSR count). The minimum absolute atomic E-state index is 0.0242. The van der Waals surface area contributed by atoms with Gasteiger partial charge in [0.15, 0.2) is 0 Å². The molecule has 0 heterocycles. The second-order valence-electron chi connectivity index (χ2n) is 6.93. The molecule has 0 aromatic rings. The maximum atomic E-state index is 13.3. The van der Waals surface area contributed by atoms with Crippen LogP contribution in [0.25, 0.3) is 0 Å². The predicted molar refractivity (Wildman–Crippen MR) is 70.3 cm³/mol. The zero-order chi connectivity index (χ0) is 15.9. The molecule has 0 spiro atoms. The van der Waals surface area contributed by atoms with Crippen LogP contribution in [0.15, 0.2) is 12.2 Å². The summed E-state index contributed by atoms with van der Waals surface area (Å²) in [6.07, 6.45) is 6.18. The topological polar surface area (TPSA) is 80.7 Å². The summed E-state index contributed by atoms with van der Waals surface area (Å²) in [5.74, 6) is 0.100. The number of alkyl halides is 2. The highest BCUT2D eigenvalue weighted by Crippen LogP contribution is 2.65. The van der Waals surface area contributed by atoms with Crippen molar-refractivity contribution in [2.24, 2.45) is 35.5 Å². The van der Waals surface area contributed by atoms with E-state index < -0.39 is 27.4 Å². The second-order valence-corrected chi connectivity index (χ2v) is 8.40. The molecule has 22 heavy (non-hydrogen) atoms. The van der Waals surface area contributed by atoms with Crippen LogP contribution in [0.3, 0.4) is 0 Å². The number of carbonyl (C=O) groups is 1. The summed E-state index contributed by atoms with van der Waals surface area (Å²) in [6, 6.07) is 0. The lowest BCUT2D eigenvalue weighted by atomic mass is 9.72. The molecule has 0 aliphatic heterocycles. The van der Waals surface area contributed by atoms with Crippen molar-refractivity contribution in [2.75, 3.05) is 0 Å². The molecule has 8 heteroatoms. The van der Waals surface area contributed by atoms with Gasteiger partial charge in [-0.15, -0.1) is 0 Å². The Morgan fingerprint density at radius 2 is 1.77 bits per heavy atom. The molecule has 5 nitrogen and oxygen atoms in total. The molecule has 4 bridgehead atoms. The van der Waals surface area contributed by atoms with Gasteiger partial charge in [-0.3, -0.25) is 4.55 Å². The van der Waals surface area contributed by atoms with Crippen LogP contribution in [0.2, 0.25) is 0 Å². The third-order valence-electron chi connectivity index (χ3n) is 6.03. The van der Waals surface area contributed by atoms with Crippen LogP contribution >= 0.6 is 0 Å². The van der Waals surface area contributed by atoms with Crippen LogP contribution in [-0.2, 0) is 19.6 Å². The smallest absolute Gasteiger partial charge is 0.457 e. The molecule has 0 amide bonds. The van der Waals surface area contributed by atoms with Gasteiger partial charge in [-0.25, -0.2) is 4.79 Å². The van der Waals surface area contributed by atoms with Crippen LogP contribution in [-0.4, -0.2) is 30.3 Å². The fourth-order valence-corrected chi connectivity index (χ4v) is 5.66. The van der Waals surface area contributed by atoms with E-state index in [1.54, 1.807) is 0 Å². The van der Waals surface area contributed by atoms with E-state index in [0.29, 0.717) is 36.0 Å². The Morgan fingerprint density at radius 1 is 1.14 bits per heavy atom. The Labute approximate surface area is 126 Å². The van der Waals surface area contributed by atoms with Crippen molar-refractivity contribution < 1.29 is 31.3 Å². The summed E-state index contributed by atoms with van der Waals surface area (Å²) in [4.78, 5) is 11.5. The molecule has 4 aliphatic rings. The van der Waals surface area contributed by atoms with Crippen molar-refractivity contribution in [2.45, 2.75) is 30.6 Å². The minimum atomic E-state index is -5.80. The molecule has 122 valence electrons. The van der Waals surface area contributed by atoms with E-state index in [1.165, 1.54) is 0 Å². The molecule has 3 fully saturated rings. The van der Waals surface area contributed by atoms with Crippen molar-refractivity contribution >= 4 is 16.1 Å². The van der Waals surface area contributed by atoms with Gasteiger partial charge in [-0.1, -0.05) is 12.2 Å². The summed E-state index contributed by atoms with van der Waals surface area (Å²) < 4.78 is 61.1. The Balaban J connectivity index is 1.51. The number of ether oxygens (including phenoxy) is 1. The first-order valence-electron chi connectivity index (χ1n) is 7.44. The zero-order valence-electron chi connectivity index (χ0n) is 11.6.